The molecule has 0 bridgehead atoms. The molecular weight excluding hydrogens is 224 g/mol. The SMILES string of the molecule is CN(O)C(=O)N[C@@H](Cc1ccccc1)C(=O)O. The maximum absolute atomic E-state index is 11.1. The molecule has 0 unspecified atom stereocenters. The van der Waals surface area contributed by atoms with Crippen molar-refractivity contribution in [1.29, 1.82) is 0 Å². The quantitative estimate of drug-likeness (QED) is 0.532. The largest absolute Gasteiger partial charge is 0.480 e. The zero-order valence-electron chi connectivity index (χ0n) is 9.33. The van der Waals surface area contributed by atoms with Gasteiger partial charge in [-0.25, -0.2) is 14.7 Å². The lowest BCUT2D eigenvalue weighted by molar-refractivity contribution is -0.139. The molecule has 1 aromatic carbocycles. The summed E-state index contributed by atoms with van der Waals surface area (Å²) >= 11 is 0. The molecule has 1 aromatic rings. The van der Waals surface area contributed by atoms with Crippen LogP contribution in [0.25, 0.3) is 0 Å². The van der Waals surface area contributed by atoms with E-state index in [9.17, 15) is 9.59 Å². The maximum Gasteiger partial charge on any atom is 0.341 e. The van der Waals surface area contributed by atoms with Gasteiger partial charge in [-0.05, 0) is 5.56 Å². The fourth-order valence-electron chi connectivity index (χ4n) is 1.29. The monoisotopic (exact) mass is 238 g/mol. The number of hydrogen-bond donors (Lipinski definition) is 3. The Hall–Kier alpha value is -2.08. The molecule has 0 spiro atoms. The number of rotatable bonds is 4. The van der Waals surface area contributed by atoms with E-state index in [4.69, 9.17) is 10.3 Å². The summed E-state index contributed by atoms with van der Waals surface area (Å²) in [4.78, 5) is 22.1. The predicted molar refractivity (Wildman–Crippen MR) is 59.7 cm³/mol. The molecule has 1 atom stereocenters. The lowest BCUT2D eigenvalue weighted by Gasteiger charge is -2.16. The van der Waals surface area contributed by atoms with Gasteiger partial charge >= 0.3 is 12.0 Å². The van der Waals surface area contributed by atoms with Crippen molar-refractivity contribution in [2.24, 2.45) is 0 Å². The van der Waals surface area contributed by atoms with Gasteiger partial charge in [0.25, 0.3) is 0 Å². The number of urea groups is 1. The molecule has 17 heavy (non-hydrogen) atoms. The molecule has 2 amide bonds. The van der Waals surface area contributed by atoms with Crippen LogP contribution in [-0.4, -0.2) is 40.5 Å². The second-order valence-electron chi connectivity index (χ2n) is 3.55. The van der Waals surface area contributed by atoms with Crippen LogP contribution in [0.5, 0.6) is 0 Å². The molecule has 3 N–H and O–H groups in total. The number of hydrogen-bond acceptors (Lipinski definition) is 3. The van der Waals surface area contributed by atoms with Gasteiger partial charge in [-0.15, -0.1) is 0 Å². The molecule has 92 valence electrons. The second-order valence-corrected chi connectivity index (χ2v) is 3.55. The first kappa shape index (κ1) is 13.0. The van der Waals surface area contributed by atoms with Crippen molar-refractivity contribution in [2.75, 3.05) is 7.05 Å². The normalized spacial score (nSPS) is 11.6. The summed E-state index contributed by atoms with van der Waals surface area (Å²) in [6, 6.07) is 7.00. The summed E-state index contributed by atoms with van der Waals surface area (Å²) in [7, 11) is 1.12. The third-order valence-corrected chi connectivity index (χ3v) is 2.17. The molecule has 0 aliphatic heterocycles. The number of amides is 2. The minimum absolute atomic E-state index is 0.162. The van der Waals surface area contributed by atoms with Gasteiger partial charge < -0.3 is 10.4 Å². The second kappa shape index (κ2) is 5.86. The van der Waals surface area contributed by atoms with Gasteiger partial charge in [-0.2, -0.15) is 0 Å². The topological polar surface area (TPSA) is 89.9 Å². The molecule has 6 heteroatoms. The van der Waals surface area contributed by atoms with Gasteiger partial charge in [0.05, 0.1) is 0 Å². The number of carbonyl (C=O) groups excluding carboxylic acids is 1. The Bertz CT molecular complexity index is 392. The van der Waals surface area contributed by atoms with Crippen molar-refractivity contribution in [3.8, 4) is 0 Å². The van der Waals surface area contributed by atoms with E-state index < -0.39 is 18.0 Å². The van der Waals surface area contributed by atoms with E-state index in [1.807, 2.05) is 6.07 Å². The van der Waals surface area contributed by atoms with Crippen molar-refractivity contribution < 1.29 is 19.9 Å². The van der Waals surface area contributed by atoms with E-state index in [2.05, 4.69) is 5.32 Å². The number of nitrogens with one attached hydrogen (secondary N) is 1. The number of carbonyl (C=O) groups is 2. The van der Waals surface area contributed by atoms with Crippen LogP contribution in [0.3, 0.4) is 0 Å². The Morgan fingerprint density at radius 1 is 1.35 bits per heavy atom. The molecule has 0 aromatic heterocycles. The van der Waals surface area contributed by atoms with E-state index in [-0.39, 0.29) is 6.42 Å². The highest BCUT2D eigenvalue weighted by molar-refractivity contribution is 5.82. The van der Waals surface area contributed by atoms with E-state index in [1.54, 1.807) is 24.3 Å². The van der Waals surface area contributed by atoms with Crippen LogP contribution in [0.2, 0.25) is 0 Å². The van der Waals surface area contributed by atoms with Crippen LogP contribution < -0.4 is 5.32 Å². The number of aliphatic carboxylic acids is 1. The Balaban J connectivity index is 2.68. The molecule has 0 radical (unpaired) electrons. The van der Waals surface area contributed by atoms with E-state index in [0.717, 1.165) is 12.6 Å². The maximum atomic E-state index is 11.1. The van der Waals surface area contributed by atoms with E-state index in [1.165, 1.54) is 0 Å². The first-order valence-electron chi connectivity index (χ1n) is 5.00. The molecule has 6 nitrogen and oxygen atoms in total. The van der Waals surface area contributed by atoms with Crippen LogP contribution in [0.1, 0.15) is 5.56 Å². The molecule has 0 fully saturated rings. The first-order valence-corrected chi connectivity index (χ1v) is 5.00. The highest BCUT2D eigenvalue weighted by Gasteiger charge is 2.21. The number of carboxylic acids is 1. The summed E-state index contributed by atoms with van der Waals surface area (Å²) in [5.41, 5.74) is 0.792. The number of nitrogens with zero attached hydrogens (tertiary/aromatic N) is 1. The highest BCUT2D eigenvalue weighted by atomic mass is 16.5. The molecule has 0 saturated carbocycles. The third-order valence-electron chi connectivity index (χ3n) is 2.17. The van der Waals surface area contributed by atoms with Gasteiger partial charge in [0, 0.05) is 13.5 Å². The number of carboxylic acid groups (broad SMARTS) is 1. The smallest absolute Gasteiger partial charge is 0.341 e. The Labute approximate surface area is 98.4 Å². The zero-order valence-corrected chi connectivity index (χ0v) is 9.33. The lowest BCUT2D eigenvalue weighted by atomic mass is 10.1. The Kier molecular flexibility index (Phi) is 4.47. The summed E-state index contributed by atoms with van der Waals surface area (Å²) in [6.07, 6.45) is 0.162. The summed E-state index contributed by atoms with van der Waals surface area (Å²) in [5, 5.41) is 20.3. The predicted octanol–water partition coefficient (Wildman–Crippen LogP) is 0.713. The number of hydroxylamine groups is 2. The summed E-state index contributed by atoms with van der Waals surface area (Å²) < 4.78 is 0. The molecule has 0 aliphatic rings. The van der Waals surface area contributed by atoms with Crippen LogP contribution in [0.15, 0.2) is 30.3 Å². The van der Waals surface area contributed by atoms with Crippen LogP contribution in [0.4, 0.5) is 4.79 Å². The summed E-state index contributed by atoms with van der Waals surface area (Å²) in [5.74, 6) is -1.15. The molecular formula is C11H14N2O4. The van der Waals surface area contributed by atoms with Crippen molar-refractivity contribution in [1.82, 2.24) is 10.4 Å². The molecule has 0 saturated heterocycles. The van der Waals surface area contributed by atoms with Gasteiger partial charge in [0.15, 0.2) is 0 Å². The van der Waals surface area contributed by atoms with E-state index >= 15 is 0 Å². The summed E-state index contributed by atoms with van der Waals surface area (Å²) in [6.45, 7) is 0. The van der Waals surface area contributed by atoms with Crippen LogP contribution in [0, 0.1) is 0 Å². The standard InChI is InChI=1S/C11H14N2O4/c1-13(17)11(16)12-9(10(14)15)7-8-5-3-2-4-6-8/h2-6,9,17H,7H2,1H3,(H,12,16)(H,14,15)/t9-/m0/s1. The molecule has 0 aliphatic carbocycles. The fraction of sp³-hybridized carbons (Fsp3) is 0.273. The minimum Gasteiger partial charge on any atom is -0.480 e. The average molecular weight is 238 g/mol. The van der Waals surface area contributed by atoms with Crippen LogP contribution in [-0.2, 0) is 11.2 Å². The first-order chi connectivity index (χ1) is 8.00. The average Bonchev–Trinajstić information content (AvgIpc) is 2.29. The van der Waals surface area contributed by atoms with Crippen molar-refractivity contribution in [3.05, 3.63) is 35.9 Å². The van der Waals surface area contributed by atoms with E-state index in [0.29, 0.717) is 5.06 Å². The van der Waals surface area contributed by atoms with Gasteiger partial charge in [0.1, 0.15) is 6.04 Å². The zero-order chi connectivity index (χ0) is 12.8. The van der Waals surface area contributed by atoms with Crippen molar-refractivity contribution in [3.63, 3.8) is 0 Å². The van der Waals surface area contributed by atoms with Crippen LogP contribution >= 0.6 is 0 Å². The third kappa shape index (κ3) is 4.12. The minimum atomic E-state index is -1.15. The van der Waals surface area contributed by atoms with Gasteiger partial charge in [-0.3, -0.25) is 5.21 Å². The lowest BCUT2D eigenvalue weighted by Crippen LogP contribution is -2.46. The number of benzene rings is 1. The molecule has 1 rings (SSSR count). The van der Waals surface area contributed by atoms with Gasteiger partial charge in [0.2, 0.25) is 0 Å². The highest BCUT2D eigenvalue weighted by Crippen LogP contribution is 2.03. The molecule has 0 heterocycles. The van der Waals surface area contributed by atoms with Crippen molar-refractivity contribution in [2.45, 2.75) is 12.5 Å². The van der Waals surface area contributed by atoms with Crippen molar-refractivity contribution >= 4 is 12.0 Å². The fourth-order valence-corrected chi connectivity index (χ4v) is 1.29. The Morgan fingerprint density at radius 2 is 1.94 bits per heavy atom. The Morgan fingerprint density at radius 3 is 2.41 bits per heavy atom. The van der Waals surface area contributed by atoms with Gasteiger partial charge in [-0.1, -0.05) is 30.3 Å².